The van der Waals surface area contributed by atoms with Gasteiger partial charge in [0.2, 0.25) is 5.75 Å². The third-order valence-corrected chi connectivity index (χ3v) is 3.36. The van der Waals surface area contributed by atoms with Gasteiger partial charge in [0.15, 0.2) is 16.6 Å². The van der Waals surface area contributed by atoms with Gasteiger partial charge >= 0.3 is 0 Å². The van der Waals surface area contributed by atoms with Crippen LogP contribution in [0.5, 0.6) is 17.2 Å². The molecule has 0 aliphatic heterocycles. The number of nitrogens with zero attached hydrogens (tertiary/aromatic N) is 1. The summed E-state index contributed by atoms with van der Waals surface area (Å²) in [5.41, 5.74) is 4.06. The Balaban J connectivity index is 2.03. The van der Waals surface area contributed by atoms with Crippen LogP contribution in [0, 0.1) is 5.82 Å². The molecule has 132 valence electrons. The minimum Gasteiger partial charge on any atom is -0.493 e. The van der Waals surface area contributed by atoms with Crippen molar-refractivity contribution in [2.45, 2.75) is 0 Å². The zero-order valence-electron chi connectivity index (χ0n) is 14.0. The van der Waals surface area contributed by atoms with Gasteiger partial charge in [0, 0.05) is 11.3 Å². The fourth-order valence-electron chi connectivity index (χ4n) is 2.03. The van der Waals surface area contributed by atoms with Gasteiger partial charge in [0.05, 0.1) is 27.5 Å². The largest absolute Gasteiger partial charge is 0.493 e. The SMILES string of the molecule is COc1cc(/C=N\NC(=S)Nc2ccc(F)cc2)cc(OC)c1OC. The van der Waals surface area contributed by atoms with E-state index in [-0.39, 0.29) is 10.9 Å². The highest BCUT2D eigenvalue weighted by Gasteiger charge is 2.12. The summed E-state index contributed by atoms with van der Waals surface area (Å²) >= 11 is 5.12. The summed E-state index contributed by atoms with van der Waals surface area (Å²) in [6, 6.07) is 9.33. The molecule has 25 heavy (non-hydrogen) atoms. The van der Waals surface area contributed by atoms with Gasteiger partial charge in [-0.25, -0.2) is 4.39 Å². The Labute approximate surface area is 150 Å². The predicted octanol–water partition coefficient (Wildman–Crippen LogP) is 3.17. The lowest BCUT2D eigenvalue weighted by Crippen LogP contribution is -2.23. The van der Waals surface area contributed by atoms with Gasteiger partial charge in [-0.3, -0.25) is 5.43 Å². The van der Waals surface area contributed by atoms with Crippen LogP contribution in [0.3, 0.4) is 0 Å². The van der Waals surface area contributed by atoms with E-state index in [0.717, 1.165) is 5.56 Å². The summed E-state index contributed by atoms with van der Waals surface area (Å²) in [5, 5.41) is 7.22. The number of benzene rings is 2. The summed E-state index contributed by atoms with van der Waals surface area (Å²) in [4.78, 5) is 0. The number of halogens is 1. The van der Waals surface area contributed by atoms with Gasteiger partial charge in [-0.1, -0.05) is 0 Å². The fourth-order valence-corrected chi connectivity index (χ4v) is 2.20. The quantitative estimate of drug-likeness (QED) is 0.467. The Morgan fingerprint density at radius 2 is 1.64 bits per heavy atom. The third kappa shape index (κ3) is 5.05. The van der Waals surface area contributed by atoms with E-state index in [0.29, 0.717) is 22.9 Å². The van der Waals surface area contributed by atoms with Gasteiger partial charge in [-0.2, -0.15) is 5.10 Å². The summed E-state index contributed by atoms with van der Waals surface area (Å²) in [7, 11) is 4.62. The average molecular weight is 363 g/mol. The summed E-state index contributed by atoms with van der Waals surface area (Å²) in [5.74, 6) is 1.24. The Kier molecular flexibility index (Phi) is 6.53. The monoisotopic (exact) mass is 363 g/mol. The maximum absolute atomic E-state index is 12.9. The van der Waals surface area contributed by atoms with Crippen LogP contribution in [0.2, 0.25) is 0 Å². The van der Waals surface area contributed by atoms with Gasteiger partial charge in [0.1, 0.15) is 5.82 Å². The lowest BCUT2D eigenvalue weighted by Gasteiger charge is -2.12. The summed E-state index contributed by atoms with van der Waals surface area (Å²) in [6.45, 7) is 0. The molecule has 2 aromatic rings. The lowest BCUT2D eigenvalue weighted by molar-refractivity contribution is 0.324. The minimum absolute atomic E-state index is 0.273. The summed E-state index contributed by atoms with van der Waals surface area (Å²) < 4.78 is 28.7. The third-order valence-electron chi connectivity index (χ3n) is 3.17. The second-order valence-electron chi connectivity index (χ2n) is 4.79. The van der Waals surface area contributed by atoms with Crippen LogP contribution in [0.15, 0.2) is 41.5 Å². The van der Waals surface area contributed by atoms with E-state index in [1.54, 1.807) is 30.5 Å². The second-order valence-corrected chi connectivity index (χ2v) is 5.20. The molecule has 2 N–H and O–H groups in total. The highest BCUT2D eigenvalue weighted by molar-refractivity contribution is 7.80. The Bertz CT molecular complexity index is 741. The number of hydrazone groups is 1. The van der Waals surface area contributed by atoms with E-state index in [4.69, 9.17) is 26.4 Å². The molecule has 0 bridgehead atoms. The zero-order chi connectivity index (χ0) is 18.2. The number of methoxy groups -OCH3 is 3. The molecule has 0 spiro atoms. The van der Waals surface area contributed by atoms with Gasteiger partial charge in [-0.15, -0.1) is 0 Å². The highest BCUT2D eigenvalue weighted by Crippen LogP contribution is 2.37. The van der Waals surface area contributed by atoms with Crippen LogP contribution in [-0.2, 0) is 0 Å². The van der Waals surface area contributed by atoms with Crippen molar-refractivity contribution < 1.29 is 18.6 Å². The van der Waals surface area contributed by atoms with E-state index < -0.39 is 0 Å². The van der Waals surface area contributed by atoms with Gasteiger partial charge in [0.25, 0.3) is 0 Å². The van der Waals surface area contributed by atoms with Crippen LogP contribution in [0.1, 0.15) is 5.56 Å². The van der Waals surface area contributed by atoms with Crippen LogP contribution >= 0.6 is 12.2 Å². The van der Waals surface area contributed by atoms with E-state index in [9.17, 15) is 4.39 Å². The van der Waals surface area contributed by atoms with Crippen molar-refractivity contribution in [2.24, 2.45) is 5.10 Å². The number of anilines is 1. The fraction of sp³-hybridized carbons (Fsp3) is 0.176. The average Bonchev–Trinajstić information content (AvgIpc) is 2.62. The standard InChI is InChI=1S/C17H18FN3O3S/c1-22-14-8-11(9-15(23-2)16(14)24-3)10-19-21-17(25)20-13-6-4-12(18)5-7-13/h4-10H,1-3H3,(H2,20,21,25)/b19-10-. The first-order chi connectivity index (χ1) is 12.1. The molecule has 0 aromatic heterocycles. The molecule has 0 unspecified atom stereocenters. The molecule has 0 fully saturated rings. The van der Waals surface area contributed by atoms with Crippen molar-refractivity contribution in [1.29, 1.82) is 0 Å². The number of thiocarbonyl (C=S) groups is 1. The first-order valence-corrected chi connectivity index (χ1v) is 7.64. The van der Waals surface area contributed by atoms with E-state index in [1.165, 1.54) is 33.5 Å². The van der Waals surface area contributed by atoms with Crippen molar-refractivity contribution in [1.82, 2.24) is 5.43 Å². The highest BCUT2D eigenvalue weighted by atomic mass is 32.1. The number of rotatable bonds is 6. The smallest absolute Gasteiger partial charge is 0.203 e. The zero-order valence-corrected chi connectivity index (χ0v) is 14.8. The van der Waals surface area contributed by atoms with Crippen LogP contribution < -0.4 is 25.0 Å². The second kappa shape index (κ2) is 8.84. The predicted molar refractivity (Wildman–Crippen MR) is 99.4 cm³/mol. The topological polar surface area (TPSA) is 64.1 Å². The van der Waals surface area contributed by atoms with Crippen molar-refractivity contribution in [3.63, 3.8) is 0 Å². The van der Waals surface area contributed by atoms with E-state index in [1.807, 2.05) is 0 Å². The minimum atomic E-state index is -0.315. The first-order valence-electron chi connectivity index (χ1n) is 7.23. The molecule has 0 radical (unpaired) electrons. The van der Waals surface area contributed by atoms with Crippen molar-refractivity contribution in [2.75, 3.05) is 26.6 Å². The normalized spacial score (nSPS) is 10.4. The molecular formula is C17H18FN3O3S. The van der Waals surface area contributed by atoms with Crippen LogP contribution in [-0.4, -0.2) is 32.7 Å². The summed E-state index contributed by atoms with van der Waals surface area (Å²) in [6.07, 6.45) is 1.56. The molecule has 2 aromatic carbocycles. The van der Waals surface area contributed by atoms with Gasteiger partial charge < -0.3 is 19.5 Å². The molecule has 0 atom stereocenters. The van der Waals surface area contributed by atoms with Crippen molar-refractivity contribution >= 4 is 29.2 Å². The Morgan fingerprint density at radius 3 is 2.16 bits per heavy atom. The Morgan fingerprint density at radius 1 is 1.04 bits per heavy atom. The molecule has 0 heterocycles. The van der Waals surface area contributed by atoms with E-state index in [2.05, 4.69) is 15.8 Å². The van der Waals surface area contributed by atoms with Crippen molar-refractivity contribution in [3.05, 3.63) is 47.8 Å². The lowest BCUT2D eigenvalue weighted by atomic mass is 10.2. The number of nitrogens with one attached hydrogen (secondary N) is 2. The van der Waals surface area contributed by atoms with Crippen LogP contribution in [0.4, 0.5) is 10.1 Å². The maximum atomic E-state index is 12.9. The van der Waals surface area contributed by atoms with E-state index >= 15 is 0 Å². The molecule has 0 aliphatic rings. The molecule has 6 nitrogen and oxygen atoms in total. The number of hydrogen-bond donors (Lipinski definition) is 2. The Hall–Kier alpha value is -2.87. The van der Waals surface area contributed by atoms with Crippen molar-refractivity contribution in [3.8, 4) is 17.2 Å². The molecule has 2 rings (SSSR count). The molecule has 8 heteroatoms. The number of hydrogen-bond acceptors (Lipinski definition) is 5. The van der Waals surface area contributed by atoms with Gasteiger partial charge in [-0.05, 0) is 48.6 Å². The maximum Gasteiger partial charge on any atom is 0.203 e. The number of ether oxygens (including phenoxy) is 3. The van der Waals surface area contributed by atoms with Crippen LogP contribution in [0.25, 0.3) is 0 Å². The molecule has 0 saturated carbocycles. The molecule has 0 saturated heterocycles. The first kappa shape index (κ1) is 18.5. The molecule has 0 amide bonds. The molecule has 0 aliphatic carbocycles. The molecular weight excluding hydrogens is 345 g/mol.